The molecule has 3 aliphatic rings. The van der Waals surface area contributed by atoms with Crippen LogP contribution in [0.2, 0.25) is 0 Å². The van der Waals surface area contributed by atoms with Gasteiger partial charge in [0.25, 0.3) is 5.91 Å². The Bertz CT molecular complexity index is 2240. The second kappa shape index (κ2) is 14.9. The Hall–Kier alpha value is -5.57. The molecule has 4 amide bonds. The van der Waals surface area contributed by atoms with Crippen molar-refractivity contribution in [2.75, 3.05) is 48.3 Å². The number of carbonyl (C=O) groups is 3. The normalized spacial score (nSPS) is 20.0. The summed E-state index contributed by atoms with van der Waals surface area (Å²) in [7, 11) is 2.24. The summed E-state index contributed by atoms with van der Waals surface area (Å²) < 4.78 is 41.3. The van der Waals surface area contributed by atoms with Gasteiger partial charge >= 0.3 is 12.2 Å². The quantitative estimate of drug-likeness (QED) is 0.173. The van der Waals surface area contributed by atoms with E-state index in [0.29, 0.717) is 29.9 Å². The number of benzene rings is 2. The third kappa shape index (κ3) is 7.70. The third-order valence-corrected chi connectivity index (χ3v) is 11.3. The van der Waals surface area contributed by atoms with Crippen molar-refractivity contribution in [3.05, 3.63) is 84.6 Å². The second-order valence-corrected chi connectivity index (χ2v) is 14.9. The van der Waals surface area contributed by atoms with Gasteiger partial charge in [0, 0.05) is 78.6 Å². The standard InChI is InChI=1S/C40H42F3N9O3/c1-49(28-14-17-50(18-15-28)34-6-2-4-30-31(34)21-44-22-35(30)51-19-16-37(53)47-39(51)55)23-25-8-11-29(12-9-25)52-24-26-20-27(10-13-32(26)48-52)45-38(54)33-5-3-7-36(46-33)40(41,42)43/h2-7,10,13,20-22,24-25,28-29H,8-9,11-12,14-19,23H2,1H3,(H,45,54)(H,47,53,55). The first-order valence-corrected chi connectivity index (χ1v) is 18.8. The highest BCUT2D eigenvalue weighted by Crippen LogP contribution is 2.37. The van der Waals surface area contributed by atoms with E-state index in [-0.39, 0.29) is 24.1 Å². The largest absolute Gasteiger partial charge is 0.433 e. The molecule has 3 fully saturated rings. The summed E-state index contributed by atoms with van der Waals surface area (Å²) in [5.74, 6) is -0.376. The number of imide groups is 1. The number of anilines is 3. The molecule has 2 aromatic carbocycles. The van der Waals surface area contributed by atoms with E-state index in [4.69, 9.17) is 5.10 Å². The molecule has 0 radical (unpaired) electrons. The molecule has 12 nitrogen and oxygen atoms in total. The van der Waals surface area contributed by atoms with Crippen molar-refractivity contribution in [2.45, 2.75) is 63.2 Å². The third-order valence-electron chi connectivity index (χ3n) is 11.3. The molecule has 5 heterocycles. The number of urea groups is 1. The van der Waals surface area contributed by atoms with Crippen LogP contribution in [0.5, 0.6) is 0 Å². The van der Waals surface area contributed by atoms with Gasteiger partial charge in [-0.2, -0.15) is 18.3 Å². The predicted octanol–water partition coefficient (Wildman–Crippen LogP) is 7.03. The van der Waals surface area contributed by atoms with Crippen LogP contribution in [0.15, 0.2) is 73.2 Å². The lowest BCUT2D eigenvalue weighted by Gasteiger charge is -2.40. The molecule has 2 N–H and O–H groups in total. The monoisotopic (exact) mass is 753 g/mol. The van der Waals surface area contributed by atoms with Crippen LogP contribution >= 0.6 is 0 Å². The van der Waals surface area contributed by atoms with E-state index in [9.17, 15) is 27.6 Å². The summed E-state index contributed by atoms with van der Waals surface area (Å²) in [6.45, 7) is 3.22. The fourth-order valence-corrected chi connectivity index (χ4v) is 8.37. The number of fused-ring (bicyclic) bond motifs is 2. The average Bonchev–Trinajstić information content (AvgIpc) is 3.61. The molecule has 0 bridgehead atoms. The number of nitrogens with one attached hydrogen (secondary N) is 2. The number of alkyl halides is 3. The number of rotatable bonds is 8. The summed E-state index contributed by atoms with van der Waals surface area (Å²) in [6, 6.07) is 15.0. The molecule has 0 atom stereocenters. The molecule has 0 unspecified atom stereocenters. The minimum atomic E-state index is -4.63. The van der Waals surface area contributed by atoms with Crippen LogP contribution in [0.4, 0.5) is 35.0 Å². The van der Waals surface area contributed by atoms with Gasteiger partial charge in [-0.1, -0.05) is 18.2 Å². The van der Waals surface area contributed by atoms with E-state index in [0.717, 1.165) is 91.6 Å². The van der Waals surface area contributed by atoms with Crippen LogP contribution in [0.3, 0.4) is 0 Å². The molecule has 55 heavy (non-hydrogen) atoms. The van der Waals surface area contributed by atoms with Crippen LogP contribution in [-0.2, 0) is 11.0 Å². The van der Waals surface area contributed by atoms with E-state index in [1.165, 1.54) is 12.1 Å². The Morgan fingerprint density at radius 3 is 2.47 bits per heavy atom. The second-order valence-electron chi connectivity index (χ2n) is 14.9. The Labute approximate surface area is 315 Å². The van der Waals surface area contributed by atoms with Crippen molar-refractivity contribution in [3.63, 3.8) is 0 Å². The number of nitrogens with zero attached hydrogens (tertiary/aromatic N) is 7. The van der Waals surface area contributed by atoms with Crippen molar-refractivity contribution >= 4 is 56.6 Å². The van der Waals surface area contributed by atoms with Gasteiger partial charge in [0.05, 0.1) is 23.4 Å². The van der Waals surface area contributed by atoms with E-state index >= 15 is 0 Å². The molecule has 286 valence electrons. The van der Waals surface area contributed by atoms with Crippen molar-refractivity contribution < 1.29 is 27.6 Å². The first kappa shape index (κ1) is 36.4. The van der Waals surface area contributed by atoms with Gasteiger partial charge < -0.3 is 15.1 Å². The van der Waals surface area contributed by atoms with E-state index in [1.807, 2.05) is 29.2 Å². The molecule has 8 rings (SSSR count). The molecule has 0 spiro atoms. The minimum Gasteiger partial charge on any atom is -0.371 e. The van der Waals surface area contributed by atoms with Crippen molar-refractivity contribution in [1.82, 2.24) is 30.0 Å². The fourth-order valence-electron chi connectivity index (χ4n) is 8.37. The minimum absolute atomic E-state index is 0.260. The summed E-state index contributed by atoms with van der Waals surface area (Å²) in [6.07, 6.45) is 7.50. The van der Waals surface area contributed by atoms with Gasteiger partial charge in [-0.3, -0.25) is 29.5 Å². The Morgan fingerprint density at radius 2 is 1.71 bits per heavy atom. The van der Waals surface area contributed by atoms with Gasteiger partial charge in [-0.05, 0) is 87.9 Å². The van der Waals surface area contributed by atoms with Crippen molar-refractivity contribution in [2.24, 2.45) is 5.92 Å². The molecule has 3 aromatic heterocycles. The highest BCUT2D eigenvalue weighted by atomic mass is 19.4. The number of carbonyl (C=O) groups excluding carboxylic acids is 3. The highest BCUT2D eigenvalue weighted by Gasteiger charge is 2.33. The smallest absolute Gasteiger partial charge is 0.371 e. The van der Waals surface area contributed by atoms with Crippen molar-refractivity contribution in [1.29, 1.82) is 0 Å². The van der Waals surface area contributed by atoms with Crippen LogP contribution in [0.25, 0.3) is 21.7 Å². The maximum absolute atomic E-state index is 13.1. The van der Waals surface area contributed by atoms with E-state index in [2.05, 4.69) is 43.5 Å². The molecule has 1 saturated carbocycles. The molecule has 5 aromatic rings. The number of piperidine rings is 1. The first-order chi connectivity index (χ1) is 26.5. The molecule has 1 aliphatic carbocycles. The summed E-state index contributed by atoms with van der Waals surface area (Å²) in [5.41, 5.74) is 1.65. The molecular formula is C40H42F3N9O3. The average molecular weight is 754 g/mol. The zero-order valence-corrected chi connectivity index (χ0v) is 30.4. The maximum Gasteiger partial charge on any atom is 0.433 e. The van der Waals surface area contributed by atoms with E-state index in [1.54, 1.807) is 29.3 Å². The highest BCUT2D eigenvalue weighted by molar-refractivity contribution is 6.11. The topological polar surface area (TPSA) is 129 Å². The van der Waals surface area contributed by atoms with Crippen LogP contribution < -0.4 is 20.4 Å². The van der Waals surface area contributed by atoms with Gasteiger partial charge in [0.1, 0.15) is 11.4 Å². The Balaban J connectivity index is 0.835. The number of aromatic nitrogens is 4. The number of pyridine rings is 2. The molecule has 2 saturated heterocycles. The molecule has 2 aliphatic heterocycles. The lowest BCUT2D eigenvalue weighted by molar-refractivity contribution is -0.141. The Morgan fingerprint density at radius 1 is 0.927 bits per heavy atom. The zero-order chi connectivity index (χ0) is 38.3. The number of halogens is 3. The fraction of sp³-hybridized carbons (Fsp3) is 0.400. The zero-order valence-electron chi connectivity index (χ0n) is 30.4. The number of amides is 4. The number of hydrogen-bond donors (Lipinski definition) is 2. The van der Waals surface area contributed by atoms with Gasteiger partial charge in [-0.15, -0.1) is 0 Å². The predicted molar refractivity (Wildman–Crippen MR) is 203 cm³/mol. The summed E-state index contributed by atoms with van der Waals surface area (Å²) >= 11 is 0. The van der Waals surface area contributed by atoms with Crippen LogP contribution in [0, 0.1) is 5.92 Å². The van der Waals surface area contributed by atoms with Gasteiger partial charge in [0.15, 0.2) is 0 Å². The summed E-state index contributed by atoms with van der Waals surface area (Å²) in [4.78, 5) is 51.5. The summed E-state index contributed by atoms with van der Waals surface area (Å²) in [5, 5.41) is 12.7. The number of hydrogen-bond acceptors (Lipinski definition) is 8. The van der Waals surface area contributed by atoms with Gasteiger partial charge in [-0.25, -0.2) is 9.78 Å². The Kier molecular flexibility index (Phi) is 9.88. The van der Waals surface area contributed by atoms with Gasteiger partial charge in [0.2, 0.25) is 5.91 Å². The maximum atomic E-state index is 13.1. The van der Waals surface area contributed by atoms with Crippen LogP contribution in [-0.4, -0.2) is 81.8 Å². The molecular weight excluding hydrogens is 711 g/mol. The first-order valence-electron chi connectivity index (χ1n) is 18.8. The van der Waals surface area contributed by atoms with E-state index < -0.39 is 23.8 Å². The van der Waals surface area contributed by atoms with Crippen molar-refractivity contribution in [3.8, 4) is 0 Å². The molecule has 15 heteroatoms. The SMILES string of the molecule is CN(CC1CCC(n2cc3cc(NC(=O)c4cccc(C(F)(F)F)n4)ccc3n2)CC1)C1CCN(c2cccc3c(N4CCC(=O)NC4=O)cncc23)CC1. The lowest BCUT2D eigenvalue weighted by atomic mass is 9.85. The van der Waals surface area contributed by atoms with Crippen LogP contribution in [0.1, 0.15) is 67.2 Å². The lowest BCUT2D eigenvalue weighted by Crippen LogP contribution is -2.49.